The molecule has 0 bridgehead atoms. The van der Waals surface area contributed by atoms with Crippen LogP contribution in [0.3, 0.4) is 0 Å². The second kappa shape index (κ2) is 8.39. The molecule has 5 heteroatoms. The van der Waals surface area contributed by atoms with Gasteiger partial charge in [0.1, 0.15) is 0 Å². The van der Waals surface area contributed by atoms with Crippen molar-refractivity contribution in [1.82, 2.24) is 15.5 Å². The zero-order valence-electron chi connectivity index (χ0n) is 14.4. The molecule has 0 heterocycles. The molecular weight excluding hydrogens is 276 g/mol. The van der Waals surface area contributed by atoms with Crippen LogP contribution in [-0.4, -0.2) is 50.5 Å². The summed E-state index contributed by atoms with van der Waals surface area (Å²) in [6, 6.07) is 0. The number of carbonyl (C=O) groups is 1. The van der Waals surface area contributed by atoms with Crippen LogP contribution in [0.2, 0.25) is 0 Å². The van der Waals surface area contributed by atoms with Gasteiger partial charge in [0.05, 0.1) is 0 Å². The number of carbonyl (C=O) groups excluding carboxylic acids is 1. The third-order valence-corrected chi connectivity index (χ3v) is 4.90. The van der Waals surface area contributed by atoms with E-state index in [0.29, 0.717) is 6.54 Å². The second-order valence-corrected chi connectivity index (χ2v) is 7.05. The summed E-state index contributed by atoms with van der Waals surface area (Å²) in [6.07, 6.45) is 7.50. The molecule has 2 rings (SSSR count). The molecule has 126 valence electrons. The quantitative estimate of drug-likeness (QED) is 0.447. The molecule has 0 saturated heterocycles. The van der Waals surface area contributed by atoms with Gasteiger partial charge in [-0.25, -0.2) is 0 Å². The number of guanidine groups is 1. The van der Waals surface area contributed by atoms with Gasteiger partial charge in [0, 0.05) is 39.6 Å². The average molecular weight is 308 g/mol. The van der Waals surface area contributed by atoms with Crippen LogP contribution in [0.25, 0.3) is 0 Å². The number of nitrogens with one attached hydrogen (secondary N) is 2. The van der Waals surface area contributed by atoms with Crippen LogP contribution in [0.1, 0.15) is 45.4 Å². The molecule has 2 aliphatic carbocycles. The standard InChI is InChI=1S/C17H32N4O/c1-13-4-6-14(7-5-13)12-21(3)17(18-2)20-11-10-19-16(22)15-8-9-15/h13-15H,4-12H2,1-3H3,(H,18,20)(H,19,22). The largest absolute Gasteiger partial charge is 0.354 e. The van der Waals surface area contributed by atoms with Crippen molar-refractivity contribution >= 4 is 11.9 Å². The summed E-state index contributed by atoms with van der Waals surface area (Å²) in [5, 5.41) is 6.32. The highest BCUT2D eigenvalue weighted by Gasteiger charge is 2.29. The maximum absolute atomic E-state index is 11.6. The molecular formula is C17H32N4O. The number of nitrogens with zero attached hydrogens (tertiary/aromatic N) is 2. The number of rotatable bonds is 6. The fourth-order valence-corrected chi connectivity index (χ4v) is 3.22. The number of hydrogen-bond donors (Lipinski definition) is 2. The Kier molecular flexibility index (Phi) is 6.52. The van der Waals surface area contributed by atoms with E-state index in [2.05, 4.69) is 34.5 Å². The summed E-state index contributed by atoms with van der Waals surface area (Å²) in [7, 11) is 3.93. The SMILES string of the molecule is CN=C(NCCNC(=O)C1CC1)N(C)CC1CCC(C)CC1. The Morgan fingerprint density at radius 3 is 2.32 bits per heavy atom. The highest BCUT2D eigenvalue weighted by Crippen LogP contribution is 2.29. The minimum atomic E-state index is 0.210. The van der Waals surface area contributed by atoms with Crippen molar-refractivity contribution in [3.8, 4) is 0 Å². The van der Waals surface area contributed by atoms with Gasteiger partial charge in [0.2, 0.25) is 5.91 Å². The van der Waals surface area contributed by atoms with E-state index in [1.807, 2.05) is 7.05 Å². The van der Waals surface area contributed by atoms with Crippen LogP contribution in [0.5, 0.6) is 0 Å². The van der Waals surface area contributed by atoms with Crippen molar-refractivity contribution in [1.29, 1.82) is 0 Å². The molecule has 1 amide bonds. The summed E-state index contributed by atoms with van der Waals surface area (Å²) in [4.78, 5) is 18.1. The van der Waals surface area contributed by atoms with Crippen LogP contribution >= 0.6 is 0 Å². The Morgan fingerprint density at radius 1 is 1.09 bits per heavy atom. The molecule has 0 spiro atoms. The van der Waals surface area contributed by atoms with E-state index >= 15 is 0 Å². The summed E-state index contributed by atoms with van der Waals surface area (Å²) in [6.45, 7) is 4.83. The third kappa shape index (κ3) is 5.50. The first-order chi connectivity index (χ1) is 10.6. The minimum absolute atomic E-state index is 0.210. The molecule has 2 N–H and O–H groups in total. The Hall–Kier alpha value is -1.26. The first kappa shape index (κ1) is 17.1. The van der Waals surface area contributed by atoms with Crippen molar-refractivity contribution < 1.29 is 4.79 Å². The van der Waals surface area contributed by atoms with Gasteiger partial charge in [-0.15, -0.1) is 0 Å². The van der Waals surface area contributed by atoms with Crippen molar-refractivity contribution in [3.63, 3.8) is 0 Å². The van der Waals surface area contributed by atoms with Gasteiger partial charge in [-0.1, -0.05) is 19.8 Å². The predicted octanol–water partition coefficient (Wildman–Crippen LogP) is 1.85. The molecule has 5 nitrogen and oxygen atoms in total. The van der Waals surface area contributed by atoms with Crippen molar-refractivity contribution in [2.45, 2.75) is 45.4 Å². The maximum atomic E-state index is 11.6. The Bertz CT molecular complexity index is 384. The number of aliphatic imine (C=N–C) groups is 1. The smallest absolute Gasteiger partial charge is 0.223 e. The van der Waals surface area contributed by atoms with E-state index in [1.54, 1.807) is 0 Å². The summed E-state index contributed by atoms with van der Waals surface area (Å²) < 4.78 is 0. The van der Waals surface area contributed by atoms with Crippen LogP contribution < -0.4 is 10.6 Å². The molecule has 22 heavy (non-hydrogen) atoms. The fourth-order valence-electron chi connectivity index (χ4n) is 3.22. The predicted molar refractivity (Wildman–Crippen MR) is 90.8 cm³/mol. The van der Waals surface area contributed by atoms with Gasteiger partial charge in [0.15, 0.2) is 5.96 Å². The Labute approximate surface area is 134 Å². The van der Waals surface area contributed by atoms with Crippen molar-refractivity contribution in [2.75, 3.05) is 33.7 Å². The second-order valence-electron chi connectivity index (χ2n) is 7.05. The third-order valence-electron chi connectivity index (χ3n) is 4.90. The van der Waals surface area contributed by atoms with Gasteiger partial charge in [0.25, 0.3) is 0 Å². The molecule has 2 saturated carbocycles. The fraction of sp³-hybridized carbons (Fsp3) is 0.882. The molecule has 0 aliphatic heterocycles. The summed E-state index contributed by atoms with van der Waals surface area (Å²) in [5.41, 5.74) is 0. The summed E-state index contributed by atoms with van der Waals surface area (Å²) >= 11 is 0. The lowest BCUT2D eigenvalue weighted by Crippen LogP contribution is -2.44. The number of hydrogen-bond acceptors (Lipinski definition) is 2. The molecule has 0 radical (unpaired) electrons. The van der Waals surface area contributed by atoms with Gasteiger partial charge >= 0.3 is 0 Å². The van der Waals surface area contributed by atoms with Crippen LogP contribution in [-0.2, 0) is 4.79 Å². The first-order valence-corrected chi connectivity index (χ1v) is 8.79. The maximum Gasteiger partial charge on any atom is 0.223 e. The van der Waals surface area contributed by atoms with Crippen molar-refractivity contribution in [3.05, 3.63) is 0 Å². The average Bonchev–Trinajstić information content (AvgIpc) is 3.34. The van der Waals surface area contributed by atoms with E-state index in [0.717, 1.165) is 43.7 Å². The normalized spacial score (nSPS) is 25.7. The zero-order chi connectivity index (χ0) is 15.9. The highest BCUT2D eigenvalue weighted by atomic mass is 16.2. The zero-order valence-corrected chi connectivity index (χ0v) is 14.4. The van der Waals surface area contributed by atoms with E-state index in [9.17, 15) is 4.79 Å². The van der Waals surface area contributed by atoms with Gasteiger partial charge in [-0.05, 0) is 37.5 Å². The molecule has 0 unspecified atom stereocenters. The molecule has 0 aromatic rings. The molecule has 0 atom stereocenters. The van der Waals surface area contributed by atoms with Gasteiger partial charge in [-0.2, -0.15) is 0 Å². The van der Waals surface area contributed by atoms with Crippen molar-refractivity contribution in [2.24, 2.45) is 22.7 Å². The van der Waals surface area contributed by atoms with Gasteiger partial charge < -0.3 is 15.5 Å². The first-order valence-electron chi connectivity index (χ1n) is 8.79. The number of amides is 1. The lowest BCUT2D eigenvalue weighted by molar-refractivity contribution is -0.122. The van der Waals surface area contributed by atoms with Crippen LogP contribution in [0, 0.1) is 17.8 Å². The Balaban J connectivity index is 1.63. The lowest BCUT2D eigenvalue weighted by Gasteiger charge is -2.31. The van der Waals surface area contributed by atoms with Gasteiger partial charge in [-0.3, -0.25) is 9.79 Å². The van der Waals surface area contributed by atoms with Crippen LogP contribution in [0.15, 0.2) is 4.99 Å². The molecule has 0 aromatic carbocycles. The molecule has 2 aliphatic rings. The molecule has 0 aromatic heterocycles. The molecule has 2 fully saturated rings. The summed E-state index contributed by atoms with van der Waals surface area (Å²) in [5.74, 6) is 3.11. The van der Waals surface area contributed by atoms with E-state index < -0.39 is 0 Å². The lowest BCUT2D eigenvalue weighted by atomic mass is 9.83. The monoisotopic (exact) mass is 308 g/mol. The highest BCUT2D eigenvalue weighted by molar-refractivity contribution is 5.81. The van der Waals surface area contributed by atoms with Crippen LogP contribution in [0.4, 0.5) is 0 Å². The minimum Gasteiger partial charge on any atom is -0.354 e. The topological polar surface area (TPSA) is 56.7 Å². The Morgan fingerprint density at radius 2 is 1.73 bits per heavy atom. The van der Waals surface area contributed by atoms with E-state index in [4.69, 9.17) is 0 Å². The van der Waals surface area contributed by atoms with E-state index in [-0.39, 0.29) is 11.8 Å². The van der Waals surface area contributed by atoms with E-state index in [1.165, 1.54) is 25.7 Å².